The van der Waals surface area contributed by atoms with Gasteiger partial charge in [-0.1, -0.05) is 156 Å². The lowest BCUT2D eigenvalue weighted by Crippen LogP contribution is -2.12. The molecule has 0 heterocycles. The van der Waals surface area contributed by atoms with Crippen molar-refractivity contribution < 1.29 is 64.3 Å². The molecule has 0 aliphatic carbocycles. The first-order valence-corrected chi connectivity index (χ1v) is 21.4. The highest BCUT2D eigenvalue weighted by Gasteiger charge is 2.26. The van der Waals surface area contributed by atoms with Gasteiger partial charge in [0.15, 0.2) is 0 Å². The molecule has 0 aliphatic heterocycles. The maximum absolute atomic E-state index is 11.3. The number of carboxylic acids is 5. The highest BCUT2D eigenvalue weighted by Crippen LogP contribution is 2.30. The van der Waals surface area contributed by atoms with Crippen LogP contribution in [0.4, 0.5) is 17.1 Å². The Morgan fingerprint density at radius 2 is 0.736 bits per heavy atom. The van der Waals surface area contributed by atoms with Crippen molar-refractivity contribution >= 4 is 81.7 Å². The number of aliphatic carboxylic acids is 2. The molecule has 0 radical (unpaired) electrons. The van der Waals surface area contributed by atoms with Crippen LogP contribution in [-0.4, -0.2) is 70.1 Å². The van der Waals surface area contributed by atoms with Crippen molar-refractivity contribution in [2.24, 2.45) is 0 Å². The Labute approximate surface area is 422 Å². The number of carboxylic acid groups (broad SMARTS) is 5. The van der Waals surface area contributed by atoms with E-state index in [4.69, 9.17) is 55.2 Å². The second-order valence-electron chi connectivity index (χ2n) is 14.2. The number of hydrogen-bond acceptors (Lipinski definition) is 11. The molecule has 22 heteroatoms. The van der Waals surface area contributed by atoms with Crippen LogP contribution < -0.4 is 0 Å². The minimum absolute atomic E-state index is 0.0741. The Kier molecular flexibility index (Phi) is 22.6. The molecule has 7 aromatic rings. The molecule has 0 aromatic heterocycles. The predicted molar refractivity (Wildman–Crippen MR) is 265 cm³/mol. The minimum Gasteiger partial charge on any atom is -0.481 e. The molecule has 0 saturated heterocycles. The van der Waals surface area contributed by atoms with Crippen molar-refractivity contribution in [2.75, 3.05) is 0 Å². The lowest BCUT2D eigenvalue weighted by atomic mass is 9.89. The molecule has 0 bridgehead atoms. The summed E-state index contributed by atoms with van der Waals surface area (Å²) in [6.07, 6.45) is 0.119. The van der Waals surface area contributed by atoms with Gasteiger partial charge in [0, 0.05) is 24.1 Å². The van der Waals surface area contributed by atoms with Crippen LogP contribution in [0.3, 0.4) is 0 Å². The maximum atomic E-state index is 11.3. The molecule has 0 aliphatic rings. The zero-order valence-electron chi connectivity index (χ0n) is 36.8. The first-order valence-electron chi connectivity index (χ1n) is 20.3. The van der Waals surface area contributed by atoms with Crippen LogP contribution in [0.2, 0.25) is 15.1 Å². The summed E-state index contributed by atoms with van der Waals surface area (Å²) in [5.41, 5.74) is 1.35. The molecular formula is C50H38Cl3N3O16. The average Bonchev–Trinajstić information content (AvgIpc) is 3.35. The lowest BCUT2D eigenvalue weighted by molar-refractivity contribution is -0.422. The molecule has 19 nitrogen and oxygen atoms in total. The Balaban J connectivity index is 0.000000240. The number of hydrogen-bond donors (Lipinski definition) is 5. The third-order valence-electron chi connectivity index (χ3n) is 9.47. The van der Waals surface area contributed by atoms with Crippen LogP contribution >= 0.6 is 34.8 Å². The number of nitro benzene ring substituents is 3. The van der Waals surface area contributed by atoms with E-state index >= 15 is 0 Å². The van der Waals surface area contributed by atoms with E-state index in [-0.39, 0.29) is 39.1 Å². The topological polar surface area (TPSA) is 316 Å². The number of nitrogens with zero attached hydrogens (tertiary/aromatic N) is 3. The van der Waals surface area contributed by atoms with Gasteiger partial charge in [0.2, 0.25) is 0 Å². The number of nitro groups is 3. The highest BCUT2D eigenvalue weighted by atomic mass is 35.5. The van der Waals surface area contributed by atoms with Crippen LogP contribution in [0.25, 0.3) is 0 Å². The quantitative estimate of drug-likeness (QED) is 0.0529. The Hall–Kier alpha value is -9.04. The number of halogens is 3. The molecule has 0 amide bonds. The van der Waals surface area contributed by atoms with Gasteiger partial charge in [-0.3, -0.25) is 39.9 Å². The summed E-state index contributed by atoms with van der Waals surface area (Å²) in [7, 11) is 0. The van der Waals surface area contributed by atoms with E-state index in [1.54, 1.807) is 0 Å². The fourth-order valence-corrected chi connectivity index (χ4v) is 6.60. The van der Waals surface area contributed by atoms with E-state index in [0.717, 1.165) is 40.5 Å². The first-order chi connectivity index (χ1) is 34.1. The van der Waals surface area contributed by atoms with Crippen LogP contribution in [-0.2, 0) is 9.59 Å². The zero-order chi connectivity index (χ0) is 53.5. The summed E-state index contributed by atoms with van der Waals surface area (Å²) >= 11 is 16.6. The van der Waals surface area contributed by atoms with Gasteiger partial charge >= 0.3 is 41.2 Å². The largest absolute Gasteiger partial charge is 0.481 e. The molecule has 0 spiro atoms. The van der Waals surface area contributed by atoms with Gasteiger partial charge < -0.3 is 25.5 Å². The summed E-state index contributed by atoms with van der Waals surface area (Å²) < 4.78 is 0. The average molecular weight is 1040 g/mol. The van der Waals surface area contributed by atoms with Gasteiger partial charge in [-0.25, -0.2) is 14.4 Å². The monoisotopic (exact) mass is 1040 g/mol. The van der Waals surface area contributed by atoms with Crippen molar-refractivity contribution in [1.82, 2.24) is 0 Å². The fraction of sp³-hybridized carbons (Fsp3) is 0.0600. The number of rotatable bonds is 13. The van der Waals surface area contributed by atoms with Crippen molar-refractivity contribution in [3.05, 3.63) is 260 Å². The molecule has 370 valence electrons. The molecule has 7 aromatic carbocycles. The standard InChI is InChI=1S/C15H14O2.C14H12O2.C7H4Cl2O2.C7H4ClNO4.C7H4N2O6/c16-15(17)11-14(12-7-3-1-4-8-12)13-9-5-2-6-10-13;15-14(16)13(11-7-3-1-4-8-11)12-9-5-2-6-10-12;8-5-2-1-4(7(10)11)3-6(5)9;8-5-2-1-4(7(10)11)3-6(5)9(12)13;10-7(11)4-1-2-5(8(12)13)6(3-4)9(14)15/h1-10,14H,11H2,(H,16,17);1-10,13H,(H,15,16);1-3H,(H,10,11);1-3H,(H,10,11);1-3H,(H,10,11). The number of carbonyl (C=O) groups is 5. The molecule has 72 heavy (non-hydrogen) atoms. The molecule has 7 rings (SSSR count). The first kappa shape index (κ1) is 57.3. The molecular weight excluding hydrogens is 1000 g/mol. The van der Waals surface area contributed by atoms with Crippen molar-refractivity contribution in [1.29, 1.82) is 0 Å². The van der Waals surface area contributed by atoms with Crippen LogP contribution in [0.5, 0.6) is 0 Å². The molecule has 0 fully saturated rings. The van der Waals surface area contributed by atoms with E-state index in [1.165, 1.54) is 30.3 Å². The third-order valence-corrected chi connectivity index (χ3v) is 10.5. The Bertz CT molecular complexity index is 2940. The van der Waals surface area contributed by atoms with Gasteiger partial charge in [-0.15, -0.1) is 0 Å². The van der Waals surface area contributed by atoms with Crippen molar-refractivity contribution in [2.45, 2.75) is 18.3 Å². The van der Waals surface area contributed by atoms with Crippen LogP contribution in [0, 0.1) is 30.3 Å². The van der Waals surface area contributed by atoms with E-state index in [1.807, 2.05) is 121 Å². The summed E-state index contributed by atoms with van der Waals surface area (Å²) in [6, 6.07) is 47.9. The Morgan fingerprint density at radius 1 is 0.403 bits per heavy atom. The van der Waals surface area contributed by atoms with Crippen LogP contribution in [0.15, 0.2) is 176 Å². The van der Waals surface area contributed by atoms with E-state index < -0.39 is 67.6 Å². The minimum atomic E-state index is -1.38. The van der Waals surface area contributed by atoms with Crippen molar-refractivity contribution in [3.63, 3.8) is 0 Å². The van der Waals surface area contributed by atoms with Gasteiger partial charge in [0.1, 0.15) is 10.9 Å². The van der Waals surface area contributed by atoms with Gasteiger partial charge in [0.05, 0.1) is 47.9 Å². The smallest absolute Gasteiger partial charge is 0.346 e. The third kappa shape index (κ3) is 18.1. The predicted octanol–water partition coefficient (Wildman–Crippen LogP) is 12.0. The fourth-order valence-electron chi connectivity index (χ4n) is 6.11. The number of benzene rings is 7. The van der Waals surface area contributed by atoms with Gasteiger partial charge in [-0.2, -0.15) is 0 Å². The van der Waals surface area contributed by atoms with Gasteiger partial charge in [-0.05, 0) is 58.7 Å². The second-order valence-corrected chi connectivity index (χ2v) is 15.5. The molecule has 0 saturated carbocycles. The van der Waals surface area contributed by atoms with Crippen molar-refractivity contribution in [3.8, 4) is 0 Å². The Morgan fingerprint density at radius 3 is 1.07 bits per heavy atom. The molecule has 0 atom stereocenters. The van der Waals surface area contributed by atoms with Crippen LogP contribution in [0.1, 0.15) is 71.6 Å². The van der Waals surface area contributed by atoms with E-state index in [0.29, 0.717) is 11.1 Å². The normalized spacial score (nSPS) is 9.96. The highest BCUT2D eigenvalue weighted by molar-refractivity contribution is 6.42. The zero-order valence-corrected chi connectivity index (χ0v) is 39.1. The summed E-state index contributed by atoms with van der Waals surface area (Å²) in [5, 5.41) is 75.5. The van der Waals surface area contributed by atoms with E-state index in [2.05, 4.69) is 0 Å². The van der Waals surface area contributed by atoms with Gasteiger partial charge in [0.25, 0.3) is 5.69 Å². The summed E-state index contributed by atoms with van der Waals surface area (Å²) in [4.78, 5) is 81.9. The van der Waals surface area contributed by atoms with E-state index in [9.17, 15) is 59.4 Å². The lowest BCUT2D eigenvalue weighted by Gasteiger charge is -2.15. The summed E-state index contributed by atoms with van der Waals surface area (Å²) in [6.45, 7) is 0. The second kappa shape index (κ2) is 28.5. The summed E-state index contributed by atoms with van der Waals surface area (Å²) in [5.74, 6) is -5.87. The molecule has 5 N–H and O–H groups in total. The number of aromatic carboxylic acids is 3. The molecule has 0 unspecified atom stereocenters. The maximum Gasteiger partial charge on any atom is 0.346 e. The SMILES string of the molecule is O=C(O)C(c1ccccc1)c1ccccc1.O=C(O)CC(c1ccccc1)c1ccccc1.O=C(O)c1ccc(Cl)c(Cl)c1.O=C(O)c1ccc(Cl)c([N+](=O)[O-])c1.O=C(O)c1ccc([N+](=O)[O-])c([N+](=O)[O-])c1.